The zero-order valence-electron chi connectivity index (χ0n) is 18.1. The minimum absolute atomic E-state index is 0.00331. The number of sulfonamides is 1. The SMILES string of the molecule is CC1(C)Cc2c(-c3cc(NC(=O)C[C@@H]4CCCN(S(C)(=O)=O)C4)ncc3Cl)cnn2C1. The van der Waals surface area contributed by atoms with Gasteiger partial charge in [0.25, 0.3) is 0 Å². The molecule has 168 valence electrons. The van der Waals surface area contributed by atoms with Crippen molar-refractivity contribution in [1.29, 1.82) is 0 Å². The van der Waals surface area contributed by atoms with E-state index in [0.29, 0.717) is 23.9 Å². The molecule has 0 spiro atoms. The molecule has 0 saturated carbocycles. The number of carbonyl (C=O) groups excluding carboxylic acids is 1. The summed E-state index contributed by atoms with van der Waals surface area (Å²) in [5.41, 5.74) is 3.05. The van der Waals surface area contributed by atoms with Crippen LogP contribution in [0.15, 0.2) is 18.5 Å². The Morgan fingerprint density at radius 1 is 1.32 bits per heavy atom. The lowest BCUT2D eigenvalue weighted by Gasteiger charge is -2.30. The highest BCUT2D eigenvalue weighted by Gasteiger charge is 2.32. The maximum atomic E-state index is 12.6. The van der Waals surface area contributed by atoms with Crippen LogP contribution in [0.1, 0.15) is 38.8 Å². The smallest absolute Gasteiger partial charge is 0.225 e. The zero-order valence-corrected chi connectivity index (χ0v) is 19.6. The van der Waals surface area contributed by atoms with Gasteiger partial charge in [-0.1, -0.05) is 25.4 Å². The Kier molecular flexibility index (Phi) is 5.87. The van der Waals surface area contributed by atoms with Gasteiger partial charge in [-0.05, 0) is 36.7 Å². The van der Waals surface area contributed by atoms with Gasteiger partial charge in [-0.15, -0.1) is 0 Å². The number of carbonyl (C=O) groups is 1. The van der Waals surface area contributed by atoms with Crippen LogP contribution in [-0.4, -0.2) is 52.7 Å². The van der Waals surface area contributed by atoms with Crippen LogP contribution in [0.25, 0.3) is 11.1 Å². The number of nitrogens with one attached hydrogen (secondary N) is 1. The third-order valence-corrected chi connectivity index (χ3v) is 7.58. The number of nitrogens with zero attached hydrogens (tertiary/aromatic N) is 4. The molecule has 0 radical (unpaired) electrons. The monoisotopic (exact) mass is 465 g/mol. The van der Waals surface area contributed by atoms with Crippen LogP contribution in [0.4, 0.5) is 5.82 Å². The third kappa shape index (κ3) is 4.94. The fraction of sp³-hybridized carbons (Fsp3) is 0.571. The second-order valence-electron chi connectivity index (χ2n) is 9.43. The van der Waals surface area contributed by atoms with Crippen LogP contribution in [0.3, 0.4) is 0 Å². The molecular weight excluding hydrogens is 438 g/mol. The van der Waals surface area contributed by atoms with Gasteiger partial charge in [0.15, 0.2) is 0 Å². The van der Waals surface area contributed by atoms with Gasteiger partial charge in [0, 0.05) is 49.1 Å². The van der Waals surface area contributed by atoms with Crippen molar-refractivity contribution in [2.75, 3.05) is 24.7 Å². The number of aromatic nitrogens is 3. The minimum atomic E-state index is -3.24. The van der Waals surface area contributed by atoms with E-state index in [9.17, 15) is 13.2 Å². The summed E-state index contributed by atoms with van der Waals surface area (Å²) in [5, 5.41) is 7.86. The molecule has 8 nitrogen and oxygen atoms in total. The van der Waals surface area contributed by atoms with Crippen molar-refractivity contribution in [3.8, 4) is 11.1 Å². The molecule has 1 atom stereocenters. The molecule has 31 heavy (non-hydrogen) atoms. The molecule has 2 aromatic rings. The molecule has 2 aliphatic heterocycles. The molecule has 0 aromatic carbocycles. The number of fused-ring (bicyclic) bond motifs is 1. The van der Waals surface area contributed by atoms with E-state index in [1.54, 1.807) is 12.3 Å². The Hall–Kier alpha value is -1.97. The fourth-order valence-electron chi connectivity index (χ4n) is 4.54. The summed E-state index contributed by atoms with van der Waals surface area (Å²) < 4.78 is 27.1. The highest BCUT2D eigenvalue weighted by atomic mass is 35.5. The number of halogens is 1. The fourth-order valence-corrected chi connectivity index (χ4v) is 5.68. The predicted octanol–water partition coefficient (Wildman–Crippen LogP) is 3.18. The average Bonchev–Trinajstić information content (AvgIpc) is 3.18. The highest BCUT2D eigenvalue weighted by Crippen LogP contribution is 2.39. The lowest BCUT2D eigenvalue weighted by atomic mass is 9.89. The number of piperidine rings is 1. The van der Waals surface area contributed by atoms with Crippen LogP contribution < -0.4 is 5.32 Å². The molecule has 1 fully saturated rings. The van der Waals surface area contributed by atoms with Gasteiger partial charge in [-0.25, -0.2) is 17.7 Å². The van der Waals surface area contributed by atoms with E-state index in [0.717, 1.165) is 42.6 Å². The number of rotatable bonds is 5. The molecule has 0 aliphatic carbocycles. The van der Waals surface area contributed by atoms with E-state index in [-0.39, 0.29) is 23.7 Å². The molecule has 1 saturated heterocycles. The summed E-state index contributed by atoms with van der Waals surface area (Å²) in [6, 6.07) is 1.78. The summed E-state index contributed by atoms with van der Waals surface area (Å²) in [7, 11) is -3.24. The lowest BCUT2D eigenvalue weighted by Crippen LogP contribution is -2.40. The van der Waals surface area contributed by atoms with Crippen LogP contribution in [0.5, 0.6) is 0 Å². The maximum Gasteiger partial charge on any atom is 0.225 e. The predicted molar refractivity (Wildman–Crippen MR) is 120 cm³/mol. The van der Waals surface area contributed by atoms with Crippen molar-refractivity contribution >= 4 is 33.3 Å². The van der Waals surface area contributed by atoms with Gasteiger partial charge in [0.05, 0.1) is 17.5 Å². The minimum Gasteiger partial charge on any atom is -0.311 e. The van der Waals surface area contributed by atoms with Crippen molar-refractivity contribution in [1.82, 2.24) is 19.1 Å². The molecule has 4 heterocycles. The topological polar surface area (TPSA) is 97.2 Å². The molecule has 0 bridgehead atoms. The summed E-state index contributed by atoms with van der Waals surface area (Å²) in [6.07, 6.45) is 7.32. The van der Waals surface area contributed by atoms with Gasteiger partial charge in [-0.2, -0.15) is 5.10 Å². The molecule has 2 aromatic heterocycles. The molecule has 4 rings (SSSR count). The normalized spacial score (nSPS) is 21.1. The van der Waals surface area contributed by atoms with Crippen molar-refractivity contribution in [2.45, 2.75) is 46.1 Å². The molecule has 0 unspecified atom stereocenters. The molecule has 10 heteroatoms. The Morgan fingerprint density at radius 3 is 2.84 bits per heavy atom. The van der Waals surface area contributed by atoms with Gasteiger partial charge in [0.1, 0.15) is 5.82 Å². The van der Waals surface area contributed by atoms with Crippen molar-refractivity contribution < 1.29 is 13.2 Å². The Labute approximate surface area is 188 Å². The van der Waals surface area contributed by atoms with Crippen molar-refractivity contribution in [3.05, 3.63) is 29.2 Å². The Bertz CT molecular complexity index is 1110. The first-order valence-corrected chi connectivity index (χ1v) is 12.7. The van der Waals surface area contributed by atoms with Gasteiger partial charge < -0.3 is 5.32 Å². The van der Waals surface area contributed by atoms with Gasteiger partial charge in [0.2, 0.25) is 15.9 Å². The van der Waals surface area contributed by atoms with Gasteiger partial charge >= 0.3 is 0 Å². The summed E-state index contributed by atoms with van der Waals surface area (Å²) in [4.78, 5) is 16.9. The van der Waals surface area contributed by atoms with E-state index in [1.807, 2.05) is 10.9 Å². The molecule has 1 N–H and O–H groups in total. The Balaban J connectivity index is 1.47. The number of anilines is 1. The highest BCUT2D eigenvalue weighted by molar-refractivity contribution is 7.88. The quantitative estimate of drug-likeness (QED) is 0.731. The number of amides is 1. The first-order chi connectivity index (χ1) is 14.5. The second kappa shape index (κ2) is 8.18. The first kappa shape index (κ1) is 22.2. The van der Waals surface area contributed by atoms with Crippen LogP contribution in [-0.2, 0) is 27.8 Å². The Morgan fingerprint density at radius 2 is 2.10 bits per heavy atom. The largest absolute Gasteiger partial charge is 0.311 e. The average molecular weight is 466 g/mol. The standard InChI is InChI=1S/C21H28ClN5O3S/c1-21(2)9-18-16(10-24-27(18)13-21)15-8-19(23-11-17(15)22)25-20(28)7-14-5-4-6-26(12-14)31(3,29)30/h8,10-11,14H,4-7,9,12-13H2,1-3H3,(H,23,25,28)/t14-/m0/s1. The van der Waals surface area contributed by atoms with E-state index >= 15 is 0 Å². The first-order valence-electron chi connectivity index (χ1n) is 10.5. The van der Waals surface area contributed by atoms with Crippen LogP contribution in [0.2, 0.25) is 5.02 Å². The van der Waals surface area contributed by atoms with E-state index in [2.05, 4.69) is 29.2 Å². The molecular formula is C21H28ClN5O3S. The van der Waals surface area contributed by atoms with E-state index in [4.69, 9.17) is 11.6 Å². The van der Waals surface area contributed by atoms with Gasteiger partial charge in [-0.3, -0.25) is 9.48 Å². The molecule has 1 amide bonds. The number of hydrogen-bond acceptors (Lipinski definition) is 5. The summed E-state index contributed by atoms with van der Waals surface area (Å²) in [6.45, 7) is 6.18. The van der Waals surface area contributed by atoms with E-state index < -0.39 is 10.0 Å². The van der Waals surface area contributed by atoms with E-state index in [1.165, 1.54) is 10.6 Å². The lowest BCUT2D eigenvalue weighted by molar-refractivity contribution is -0.117. The number of hydrogen-bond donors (Lipinski definition) is 1. The van der Waals surface area contributed by atoms with Crippen LogP contribution >= 0.6 is 11.6 Å². The zero-order chi connectivity index (χ0) is 22.4. The maximum absolute atomic E-state index is 12.6. The second-order valence-corrected chi connectivity index (χ2v) is 11.8. The summed E-state index contributed by atoms with van der Waals surface area (Å²) in [5.74, 6) is 0.247. The third-order valence-electron chi connectivity index (χ3n) is 6.01. The summed E-state index contributed by atoms with van der Waals surface area (Å²) >= 11 is 6.44. The molecule has 2 aliphatic rings. The number of pyridine rings is 1. The van der Waals surface area contributed by atoms with Crippen molar-refractivity contribution in [3.63, 3.8) is 0 Å². The van der Waals surface area contributed by atoms with Crippen LogP contribution in [0, 0.1) is 11.3 Å². The van der Waals surface area contributed by atoms with Crippen molar-refractivity contribution in [2.24, 2.45) is 11.3 Å².